The topological polar surface area (TPSA) is 74.8 Å². The number of halogens is 5. The van der Waals surface area contributed by atoms with Gasteiger partial charge in [0.15, 0.2) is 5.82 Å². The zero-order valence-corrected chi connectivity index (χ0v) is 18.8. The minimum Gasteiger partial charge on any atom is -0.457 e. The molecule has 4 rings (SSSR count). The number of carbonyl (C=O) groups excluding carboxylic acids is 2. The first kappa shape index (κ1) is 24.3. The number of amides is 3. The fourth-order valence-electron chi connectivity index (χ4n) is 3.53. The molecule has 0 atom stereocenters. The third kappa shape index (κ3) is 4.99. The SMILES string of the molecule is CNC(=O)c1cc(Oc2ccc(N3CCN(c4ccc(Cl)c(C(F)(F)F)c4)C3=O)c(F)c2)ccn1. The molecule has 182 valence electrons. The summed E-state index contributed by atoms with van der Waals surface area (Å²) >= 11 is 5.65. The largest absolute Gasteiger partial charge is 0.457 e. The second kappa shape index (κ2) is 9.41. The molecule has 3 amide bonds. The third-order valence-corrected chi connectivity index (χ3v) is 5.54. The molecular weight excluding hydrogens is 492 g/mol. The van der Waals surface area contributed by atoms with Crippen molar-refractivity contribution >= 4 is 34.9 Å². The lowest BCUT2D eigenvalue weighted by atomic mass is 10.2. The Kier molecular flexibility index (Phi) is 6.53. The molecule has 1 aliphatic rings. The van der Waals surface area contributed by atoms with Crippen LogP contribution in [0, 0.1) is 5.82 Å². The van der Waals surface area contributed by atoms with Crippen LogP contribution in [0.25, 0.3) is 0 Å². The number of benzene rings is 2. The van der Waals surface area contributed by atoms with Crippen LogP contribution in [0.4, 0.5) is 33.7 Å². The van der Waals surface area contributed by atoms with E-state index >= 15 is 0 Å². The van der Waals surface area contributed by atoms with E-state index in [9.17, 15) is 27.2 Å². The summed E-state index contributed by atoms with van der Waals surface area (Å²) < 4.78 is 60.1. The molecule has 3 aromatic rings. The van der Waals surface area contributed by atoms with Gasteiger partial charge < -0.3 is 10.1 Å². The van der Waals surface area contributed by atoms with Crippen molar-refractivity contribution in [3.63, 3.8) is 0 Å². The number of nitrogens with zero attached hydrogens (tertiary/aromatic N) is 3. The lowest BCUT2D eigenvalue weighted by molar-refractivity contribution is -0.137. The maximum atomic E-state index is 14.9. The number of nitrogens with one attached hydrogen (secondary N) is 1. The van der Waals surface area contributed by atoms with E-state index < -0.39 is 34.5 Å². The van der Waals surface area contributed by atoms with Gasteiger partial charge >= 0.3 is 12.2 Å². The van der Waals surface area contributed by atoms with Gasteiger partial charge in [-0.25, -0.2) is 9.18 Å². The molecule has 2 heterocycles. The Morgan fingerprint density at radius 1 is 1.06 bits per heavy atom. The Hall–Kier alpha value is -3.86. The summed E-state index contributed by atoms with van der Waals surface area (Å²) in [6.07, 6.45) is -3.32. The minimum absolute atomic E-state index is 0.000746. The van der Waals surface area contributed by atoms with E-state index in [-0.39, 0.29) is 41.7 Å². The molecule has 1 N–H and O–H groups in total. The average molecular weight is 509 g/mol. The number of anilines is 2. The Bertz CT molecular complexity index is 1300. The van der Waals surface area contributed by atoms with Crippen LogP contribution in [0.3, 0.4) is 0 Å². The van der Waals surface area contributed by atoms with Crippen molar-refractivity contribution in [2.75, 3.05) is 29.9 Å². The van der Waals surface area contributed by atoms with Crippen molar-refractivity contribution in [3.05, 3.63) is 76.8 Å². The molecule has 0 saturated carbocycles. The van der Waals surface area contributed by atoms with Crippen molar-refractivity contribution in [3.8, 4) is 11.5 Å². The minimum atomic E-state index is -4.69. The van der Waals surface area contributed by atoms with Gasteiger partial charge in [0.05, 0.1) is 16.3 Å². The summed E-state index contributed by atoms with van der Waals surface area (Å²) in [6, 6.07) is 9.17. The van der Waals surface area contributed by atoms with Gasteiger partial charge in [-0.15, -0.1) is 0 Å². The number of alkyl halides is 3. The van der Waals surface area contributed by atoms with Gasteiger partial charge in [-0.2, -0.15) is 13.2 Å². The molecule has 7 nitrogen and oxygen atoms in total. The fourth-order valence-corrected chi connectivity index (χ4v) is 3.76. The van der Waals surface area contributed by atoms with Crippen LogP contribution in [-0.2, 0) is 6.18 Å². The highest BCUT2D eigenvalue weighted by atomic mass is 35.5. The van der Waals surface area contributed by atoms with Gasteiger partial charge in [-0.1, -0.05) is 11.6 Å². The number of hydrogen-bond donors (Lipinski definition) is 1. The molecule has 0 bridgehead atoms. The molecular formula is C23H17ClF4N4O3. The van der Waals surface area contributed by atoms with E-state index in [1.54, 1.807) is 0 Å². The number of ether oxygens (including phenoxy) is 1. The number of hydrogen-bond acceptors (Lipinski definition) is 4. The highest BCUT2D eigenvalue weighted by molar-refractivity contribution is 6.31. The van der Waals surface area contributed by atoms with Crippen molar-refractivity contribution < 1.29 is 31.9 Å². The smallest absolute Gasteiger partial charge is 0.417 e. The zero-order valence-electron chi connectivity index (χ0n) is 18.1. The molecule has 0 unspecified atom stereocenters. The first-order chi connectivity index (χ1) is 16.6. The molecule has 0 radical (unpaired) electrons. The van der Waals surface area contributed by atoms with E-state index in [4.69, 9.17) is 16.3 Å². The second-order valence-corrected chi connectivity index (χ2v) is 7.83. The summed E-state index contributed by atoms with van der Waals surface area (Å²) in [6.45, 7) is 0.106. The maximum absolute atomic E-state index is 14.9. The van der Waals surface area contributed by atoms with Crippen LogP contribution in [0.15, 0.2) is 54.7 Å². The Labute approximate surface area is 201 Å². The summed E-state index contributed by atoms with van der Waals surface area (Å²) in [7, 11) is 1.45. The maximum Gasteiger partial charge on any atom is 0.417 e. The average Bonchev–Trinajstić information content (AvgIpc) is 3.19. The number of carbonyl (C=O) groups is 2. The molecule has 2 aromatic carbocycles. The summed E-state index contributed by atoms with van der Waals surface area (Å²) in [5.41, 5.74) is -1.01. The standard InChI is InChI=1S/C23H17ClF4N4O3/c1-29-21(33)19-12-15(6-7-30-19)35-14-3-5-20(18(25)11-14)32-9-8-31(22(32)34)13-2-4-17(24)16(10-13)23(26,27)28/h2-7,10-12H,8-9H2,1H3,(H,29,33). The first-order valence-corrected chi connectivity index (χ1v) is 10.6. The van der Waals surface area contributed by atoms with Gasteiger partial charge in [0.2, 0.25) is 0 Å². The van der Waals surface area contributed by atoms with Crippen LogP contribution in [0.5, 0.6) is 11.5 Å². The summed E-state index contributed by atoms with van der Waals surface area (Å²) in [4.78, 5) is 30.8. The van der Waals surface area contributed by atoms with Crippen LogP contribution < -0.4 is 19.9 Å². The molecule has 1 aromatic heterocycles. The molecule has 12 heteroatoms. The number of aromatic nitrogens is 1. The Morgan fingerprint density at radius 3 is 2.46 bits per heavy atom. The van der Waals surface area contributed by atoms with E-state index in [0.29, 0.717) is 0 Å². The van der Waals surface area contributed by atoms with Gasteiger partial charge in [-0.3, -0.25) is 19.6 Å². The van der Waals surface area contributed by atoms with Gasteiger partial charge in [0.25, 0.3) is 5.91 Å². The number of rotatable bonds is 5. The molecule has 35 heavy (non-hydrogen) atoms. The second-order valence-electron chi connectivity index (χ2n) is 7.42. The predicted octanol–water partition coefficient (Wildman–Crippen LogP) is 5.49. The predicted molar refractivity (Wildman–Crippen MR) is 121 cm³/mol. The molecule has 1 fully saturated rings. The highest BCUT2D eigenvalue weighted by Gasteiger charge is 2.36. The number of pyridine rings is 1. The van der Waals surface area contributed by atoms with Crippen LogP contribution in [-0.4, -0.2) is 37.1 Å². The highest BCUT2D eigenvalue weighted by Crippen LogP contribution is 2.38. The van der Waals surface area contributed by atoms with Crippen LogP contribution >= 0.6 is 11.6 Å². The summed E-state index contributed by atoms with van der Waals surface area (Å²) in [5, 5.41) is 1.95. The van der Waals surface area contributed by atoms with E-state index in [2.05, 4.69) is 10.3 Å². The monoisotopic (exact) mass is 508 g/mol. The van der Waals surface area contributed by atoms with Crippen molar-refractivity contribution in [1.29, 1.82) is 0 Å². The first-order valence-electron chi connectivity index (χ1n) is 10.2. The third-order valence-electron chi connectivity index (χ3n) is 5.21. The van der Waals surface area contributed by atoms with E-state index in [1.807, 2.05) is 0 Å². The lowest BCUT2D eigenvalue weighted by Crippen LogP contribution is -2.32. The van der Waals surface area contributed by atoms with Gasteiger partial charge in [0, 0.05) is 44.2 Å². The van der Waals surface area contributed by atoms with Gasteiger partial charge in [0.1, 0.15) is 17.2 Å². The molecule has 0 aliphatic carbocycles. The molecule has 0 spiro atoms. The molecule has 1 saturated heterocycles. The Morgan fingerprint density at radius 2 is 1.77 bits per heavy atom. The number of urea groups is 1. The van der Waals surface area contributed by atoms with E-state index in [1.165, 1.54) is 43.6 Å². The Balaban J connectivity index is 1.53. The van der Waals surface area contributed by atoms with Crippen LogP contribution in [0.1, 0.15) is 16.1 Å². The van der Waals surface area contributed by atoms with Crippen molar-refractivity contribution in [2.45, 2.75) is 6.18 Å². The van der Waals surface area contributed by atoms with Gasteiger partial charge in [-0.05, 0) is 36.4 Å². The quantitative estimate of drug-likeness (QED) is 0.462. The van der Waals surface area contributed by atoms with Crippen LogP contribution in [0.2, 0.25) is 5.02 Å². The molecule has 1 aliphatic heterocycles. The lowest BCUT2D eigenvalue weighted by Gasteiger charge is -2.21. The fraction of sp³-hybridized carbons (Fsp3) is 0.174. The normalized spacial score (nSPS) is 13.8. The van der Waals surface area contributed by atoms with Crippen molar-refractivity contribution in [2.24, 2.45) is 0 Å². The zero-order chi connectivity index (χ0) is 25.3. The van der Waals surface area contributed by atoms with Crippen molar-refractivity contribution in [1.82, 2.24) is 10.3 Å². The summed E-state index contributed by atoms with van der Waals surface area (Å²) in [5.74, 6) is -0.837. The van der Waals surface area contributed by atoms with E-state index in [0.717, 1.165) is 28.0 Å².